The number of aryl methyl sites for hydroxylation is 3. The highest BCUT2D eigenvalue weighted by Crippen LogP contribution is 2.18. The van der Waals surface area contributed by atoms with Crippen LogP contribution >= 0.6 is 0 Å². The highest BCUT2D eigenvalue weighted by Gasteiger charge is 2.19. The van der Waals surface area contributed by atoms with Gasteiger partial charge < -0.3 is 4.57 Å². The predicted molar refractivity (Wildman–Crippen MR) is 129 cm³/mol. The first-order valence-corrected chi connectivity index (χ1v) is 10.6. The molecule has 11 heteroatoms. The van der Waals surface area contributed by atoms with Crippen LogP contribution in [0.25, 0.3) is 11.2 Å². The fourth-order valence-corrected chi connectivity index (χ4v) is 3.76. The van der Waals surface area contributed by atoms with Crippen molar-refractivity contribution in [3.05, 3.63) is 96.7 Å². The number of nitrogens with one attached hydrogen (secondary N) is 1. The lowest BCUT2D eigenvalue weighted by atomic mass is 10.1. The fourth-order valence-electron chi connectivity index (χ4n) is 3.76. The van der Waals surface area contributed by atoms with Gasteiger partial charge in [-0.15, -0.1) is 0 Å². The Bertz CT molecular complexity index is 1500. The molecule has 4 aromatic rings. The lowest BCUT2D eigenvalue weighted by molar-refractivity contribution is -0.385. The van der Waals surface area contributed by atoms with Crippen molar-refractivity contribution in [2.75, 3.05) is 5.43 Å². The van der Waals surface area contributed by atoms with Crippen LogP contribution in [0, 0.1) is 10.1 Å². The number of aromatic nitrogens is 4. The quantitative estimate of drug-likeness (QED) is 0.244. The number of benzene rings is 2. The summed E-state index contributed by atoms with van der Waals surface area (Å²) in [5.41, 5.74) is 3.76. The summed E-state index contributed by atoms with van der Waals surface area (Å²) < 4.78 is 4.04. The molecular weight excluding hydrogens is 438 g/mol. The molecule has 0 spiro atoms. The standard InChI is InChI=1S/C23H23N7O4/c1-27-20-19(21(31)28(2)23(27)32)29(14-8-11-16-9-4-3-5-10-16)22(25-20)26-24-15-17-12-6-7-13-18(17)30(33)34/h3-7,9-10,12-13,15H,8,11,14H2,1-2H3,(H,25,26). The Morgan fingerprint density at radius 3 is 2.50 bits per heavy atom. The van der Waals surface area contributed by atoms with E-state index in [4.69, 9.17) is 0 Å². The Labute approximate surface area is 193 Å². The predicted octanol–water partition coefficient (Wildman–Crippen LogP) is 2.42. The molecule has 0 amide bonds. The van der Waals surface area contributed by atoms with Crippen molar-refractivity contribution in [3.63, 3.8) is 0 Å². The number of hydrogen-bond donors (Lipinski definition) is 1. The molecule has 174 valence electrons. The second-order valence-electron chi connectivity index (χ2n) is 7.74. The average Bonchev–Trinajstić information content (AvgIpc) is 3.20. The molecule has 2 aromatic carbocycles. The number of nitrogens with zero attached hydrogens (tertiary/aromatic N) is 6. The molecule has 11 nitrogen and oxygen atoms in total. The van der Waals surface area contributed by atoms with Gasteiger partial charge in [-0.2, -0.15) is 10.1 Å². The molecule has 34 heavy (non-hydrogen) atoms. The molecule has 0 aliphatic carbocycles. The first-order chi connectivity index (χ1) is 16.4. The normalized spacial score (nSPS) is 11.4. The van der Waals surface area contributed by atoms with Crippen LogP contribution in [0.2, 0.25) is 0 Å². The van der Waals surface area contributed by atoms with Gasteiger partial charge in [0.25, 0.3) is 11.2 Å². The van der Waals surface area contributed by atoms with Gasteiger partial charge in [-0.25, -0.2) is 10.2 Å². The molecule has 0 unspecified atom stereocenters. The molecule has 0 aliphatic heterocycles. The maximum Gasteiger partial charge on any atom is 0.332 e. The van der Waals surface area contributed by atoms with E-state index >= 15 is 0 Å². The Morgan fingerprint density at radius 2 is 1.76 bits per heavy atom. The van der Waals surface area contributed by atoms with Crippen molar-refractivity contribution < 1.29 is 4.92 Å². The second-order valence-corrected chi connectivity index (χ2v) is 7.74. The fraction of sp³-hybridized carbons (Fsp3) is 0.217. The van der Waals surface area contributed by atoms with Crippen LogP contribution < -0.4 is 16.7 Å². The Kier molecular flexibility index (Phi) is 6.35. The smallest absolute Gasteiger partial charge is 0.303 e. The first kappa shape index (κ1) is 22.6. The number of imidazole rings is 1. The summed E-state index contributed by atoms with van der Waals surface area (Å²) in [6.07, 6.45) is 2.82. The van der Waals surface area contributed by atoms with Crippen LogP contribution in [0.4, 0.5) is 11.6 Å². The lowest BCUT2D eigenvalue weighted by Gasteiger charge is -2.09. The number of anilines is 1. The Balaban J connectivity index is 1.70. The topological polar surface area (TPSA) is 129 Å². The van der Waals surface area contributed by atoms with Gasteiger partial charge in [-0.05, 0) is 24.5 Å². The zero-order valence-corrected chi connectivity index (χ0v) is 18.7. The maximum absolute atomic E-state index is 12.9. The summed E-state index contributed by atoms with van der Waals surface area (Å²) in [6.45, 7) is 0.447. The van der Waals surface area contributed by atoms with Crippen LogP contribution in [0.1, 0.15) is 17.5 Å². The zero-order valence-electron chi connectivity index (χ0n) is 18.7. The van der Waals surface area contributed by atoms with Gasteiger partial charge in [0, 0.05) is 26.7 Å². The van der Waals surface area contributed by atoms with E-state index in [1.54, 1.807) is 29.8 Å². The van der Waals surface area contributed by atoms with Crippen LogP contribution in [0.15, 0.2) is 69.3 Å². The van der Waals surface area contributed by atoms with E-state index in [1.165, 1.54) is 23.9 Å². The Hall–Kier alpha value is -4.54. The number of hydrazone groups is 1. The van der Waals surface area contributed by atoms with E-state index in [2.05, 4.69) is 15.5 Å². The van der Waals surface area contributed by atoms with E-state index in [0.29, 0.717) is 18.5 Å². The third kappa shape index (κ3) is 4.35. The van der Waals surface area contributed by atoms with Gasteiger partial charge in [-0.1, -0.05) is 42.5 Å². The summed E-state index contributed by atoms with van der Waals surface area (Å²) in [5.74, 6) is 0.260. The summed E-state index contributed by atoms with van der Waals surface area (Å²) in [6, 6.07) is 16.2. The van der Waals surface area contributed by atoms with E-state index in [-0.39, 0.29) is 22.8 Å². The molecule has 0 aliphatic rings. The number of hydrogen-bond acceptors (Lipinski definition) is 7. The molecule has 1 N–H and O–H groups in total. The van der Waals surface area contributed by atoms with Crippen LogP contribution in [-0.2, 0) is 27.1 Å². The van der Waals surface area contributed by atoms with E-state index in [1.807, 2.05) is 30.3 Å². The van der Waals surface area contributed by atoms with E-state index in [9.17, 15) is 19.7 Å². The molecule has 4 rings (SSSR count). The minimum Gasteiger partial charge on any atom is -0.303 e. The minimum atomic E-state index is -0.486. The van der Waals surface area contributed by atoms with Crippen molar-refractivity contribution in [1.82, 2.24) is 18.7 Å². The molecule has 0 radical (unpaired) electrons. The van der Waals surface area contributed by atoms with E-state index < -0.39 is 16.2 Å². The van der Waals surface area contributed by atoms with E-state index in [0.717, 1.165) is 16.6 Å². The zero-order chi connectivity index (χ0) is 24.2. The van der Waals surface area contributed by atoms with Gasteiger partial charge in [0.1, 0.15) is 0 Å². The third-order valence-electron chi connectivity index (χ3n) is 5.54. The first-order valence-electron chi connectivity index (χ1n) is 10.6. The molecule has 0 atom stereocenters. The van der Waals surface area contributed by atoms with Gasteiger partial charge in [0.05, 0.1) is 16.7 Å². The van der Waals surface area contributed by atoms with Crippen molar-refractivity contribution in [3.8, 4) is 0 Å². The van der Waals surface area contributed by atoms with Crippen molar-refractivity contribution >= 4 is 29.0 Å². The van der Waals surface area contributed by atoms with Gasteiger partial charge in [0.15, 0.2) is 11.2 Å². The molecule has 0 fully saturated rings. The lowest BCUT2D eigenvalue weighted by Crippen LogP contribution is -2.37. The summed E-state index contributed by atoms with van der Waals surface area (Å²) in [5, 5.41) is 15.4. The average molecular weight is 461 g/mol. The highest BCUT2D eigenvalue weighted by molar-refractivity contribution is 5.85. The Morgan fingerprint density at radius 1 is 1.06 bits per heavy atom. The second kappa shape index (κ2) is 9.53. The number of para-hydroxylation sites is 1. The monoisotopic (exact) mass is 461 g/mol. The minimum absolute atomic E-state index is 0.0827. The number of nitro benzene ring substituents is 1. The maximum atomic E-state index is 12.9. The molecule has 2 heterocycles. The van der Waals surface area contributed by atoms with Crippen LogP contribution in [-0.4, -0.2) is 29.8 Å². The largest absolute Gasteiger partial charge is 0.332 e. The van der Waals surface area contributed by atoms with Crippen molar-refractivity contribution in [2.24, 2.45) is 19.2 Å². The molecule has 2 aromatic heterocycles. The molecule has 0 saturated carbocycles. The van der Waals surface area contributed by atoms with Crippen molar-refractivity contribution in [2.45, 2.75) is 19.4 Å². The number of fused-ring (bicyclic) bond motifs is 1. The number of nitro groups is 1. The third-order valence-corrected chi connectivity index (χ3v) is 5.54. The molecule has 0 bridgehead atoms. The van der Waals surface area contributed by atoms with Crippen molar-refractivity contribution in [1.29, 1.82) is 0 Å². The van der Waals surface area contributed by atoms with Crippen LogP contribution in [0.3, 0.4) is 0 Å². The van der Waals surface area contributed by atoms with Gasteiger partial charge in [0.2, 0.25) is 5.95 Å². The van der Waals surface area contributed by atoms with Gasteiger partial charge in [-0.3, -0.25) is 24.0 Å². The highest BCUT2D eigenvalue weighted by atomic mass is 16.6. The van der Waals surface area contributed by atoms with Gasteiger partial charge >= 0.3 is 5.69 Å². The van der Waals surface area contributed by atoms with Crippen LogP contribution in [0.5, 0.6) is 0 Å². The summed E-state index contributed by atoms with van der Waals surface area (Å²) in [7, 11) is 2.97. The molecule has 0 saturated heterocycles. The molecular formula is C23H23N7O4. The SMILES string of the molecule is Cn1c(=O)c2c(nc(NN=Cc3ccccc3[N+](=O)[O-])n2CCCc2ccccc2)n(C)c1=O. The summed E-state index contributed by atoms with van der Waals surface area (Å²) >= 11 is 0. The summed E-state index contributed by atoms with van der Waals surface area (Å²) in [4.78, 5) is 40.5. The number of rotatable bonds is 8.